The molecule has 0 atom stereocenters. The first-order chi connectivity index (χ1) is 5.70. The first kappa shape index (κ1) is 11.0. The predicted molar refractivity (Wildman–Crippen MR) is 52.5 cm³/mol. The molecule has 0 unspecified atom stereocenters. The summed E-state index contributed by atoms with van der Waals surface area (Å²) in [4.78, 5) is 0. The molecule has 0 spiro atoms. The molecule has 0 saturated heterocycles. The lowest BCUT2D eigenvalue weighted by Crippen LogP contribution is -1.84. The molecule has 2 heteroatoms. The van der Waals surface area contributed by atoms with Crippen molar-refractivity contribution in [3.05, 3.63) is 36.1 Å². The number of rotatable bonds is 5. The van der Waals surface area contributed by atoms with E-state index in [1.54, 1.807) is 6.20 Å². The second kappa shape index (κ2) is 6.68. The highest BCUT2D eigenvalue weighted by Crippen LogP contribution is 2.03. The van der Waals surface area contributed by atoms with Crippen molar-refractivity contribution in [2.45, 2.75) is 19.8 Å². The Morgan fingerprint density at radius 3 is 2.75 bits per heavy atom. The highest BCUT2D eigenvalue weighted by Gasteiger charge is 1.86. The Labute approximate surface area is 74.1 Å². The quantitative estimate of drug-likeness (QED) is 0.612. The Kier molecular flexibility index (Phi) is 6.11. The first-order valence-electron chi connectivity index (χ1n) is 4.03. The fourth-order valence-electron chi connectivity index (χ4n) is 0.706. The highest BCUT2D eigenvalue weighted by atomic mass is 16.2. The van der Waals surface area contributed by atoms with Crippen molar-refractivity contribution in [2.75, 3.05) is 6.61 Å². The van der Waals surface area contributed by atoms with Crippen molar-refractivity contribution < 1.29 is 5.11 Å². The Balaban J connectivity index is 3.69. The average Bonchev–Trinajstić information content (AvgIpc) is 2.04. The van der Waals surface area contributed by atoms with E-state index in [9.17, 15) is 0 Å². The second-order valence-corrected chi connectivity index (χ2v) is 2.75. The van der Waals surface area contributed by atoms with Gasteiger partial charge in [0.1, 0.15) is 0 Å². The molecule has 12 heavy (non-hydrogen) atoms. The Bertz CT molecular complexity index is 192. The molecule has 0 aliphatic rings. The average molecular weight is 167 g/mol. The fraction of sp³-hybridized carbons (Fsp3) is 0.400. The van der Waals surface area contributed by atoms with Gasteiger partial charge in [-0.2, -0.15) is 0 Å². The SMILES string of the molecule is C=C(/C=C\C/C(C)=C/N)CCO. The minimum Gasteiger partial charge on any atom is -0.405 e. The van der Waals surface area contributed by atoms with Crippen LogP contribution in [0.1, 0.15) is 19.8 Å². The van der Waals surface area contributed by atoms with Gasteiger partial charge >= 0.3 is 0 Å². The smallest absolute Gasteiger partial charge is 0.0471 e. The van der Waals surface area contributed by atoms with Crippen LogP contribution in [0.3, 0.4) is 0 Å². The number of aliphatic hydroxyl groups excluding tert-OH is 1. The number of hydrogen-bond acceptors (Lipinski definition) is 2. The zero-order valence-corrected chi connectivity index (χ0v) is 7.59. The zero-order valence-electron chi connectivity index (χ0n) is 7.59. The molecule has 0 heterocycles. The molecule has 0 saturated carbocycles. The van der Waals surface area contributed by atoms with Gasteiger partial charge in [0, 0.05) is 6.61 Å². The summed E-state index contributed by atoms with van der Waals surface area (Å²) >= 11 is 0. The van der Waals surface area contributed by atoms with Gasteiger partial charge in [0.2, 0.25) is 0 Å². The Hall–Kier alpha value is -1.02. The molecule has 0 fully saturated rings. The lowest BCUT2D eigenvalue weighted by Gasteiger charge is -1.95. The van der Waals surface area contributed by atoms with E-state index in [0.29, 0.717) is 6.42 Å². The Morgan fingerprint density at radius 2 is 2.25 bits per heavy atom. The van der Waals surface area contributed by atoms with Crippen LogP contribution in [0.4, 0.5) is 0 Å². The standard InChI is InChI=1S/C10H17NO/c1-9(6-7-12)4-3-5-10(2)8-11/h3-4,8,12H,1,5-7,11H2,2H3/b4-3-,10-8+. The van der Waals surface area contributed by atoms with Crippen LogP contribution < -0.4 is 5.73 Å². The summed E-state index contributed by atoms with van der Waals surface area (Å²) in [6.45, 7) is 5.90. The summed E-state index contributed by atoms with van der Waals surface area (Å²) in [6.07, 6.45) is 7.00. The van der Waals surface area contributed by atoms with Crippen molar-refractivity contribution in [1.29, 1.82) is 0 Å². The van der Waals surface area contributed by atoms with Gasteiger partial charge in [0.05, 0.1) is 0 Å². The van der Waals surface area contributed by atoms with Gasteiger partial charge in [0.25, 0.3) is 0 Å². The van der Waals surface area contributed by atoms with Gasteiger partial charge in [-0.15, -0.1) is 0 Å². The van der Waals surface area contributed by atoms with E-state index in [0.717, 1.165) is 17.6 Å². The maximum absolute atomic E-state index is 8.57. The summed E-state index contributed by atoms with van der Waals surface area (Å²) < 4.78 is 0. The van der Waals surface area contributed by atoms with Gasteiger partial charge in [-0.1, -0.05) is 29.9 Å². The number of nitrogens with two attached hydrogens (primary N) is 1. The van der Waals surface area contributed by atoms with E-state index >= 15 is 0 Å². The summed E-state index contributed by atoms with van der Waals surface area (Å²) in [5.74, 6) is 0. The summed E-state index contributed by atoms with van der Waals surface area (Å²) in [6, 6.07) is 0. The third-order valence-corrected chi connectivity index (χ3v) is 1.51. The van der Waals surface area contributed by atoms with E-state index in [-0.39, 0.29) is 6.61 Å². The first-order valence-corrected chi connectivity index (χ1v) is 4.03. The zero-order chi connectivity index (χ0) is 9.40. The molecule has 2 nitrogen and oxygen atoms in total. The van der Waals surface area contributed by atoms with Crippen molar-refractivity contribution in [3.8, 4) is 0 Å². The number of aliphatic hydroxyl groups is 1. The molecular formula is C10H17NO. The van der Waals surface area contributed by atoms with Gasteiger partial charge in [-0.3, -0.25) is 0 Å². The molecule has 0 aromatic rings. The molecule has 68 valence electrons. The van der Waals surface area contributed by atoms with Gasteiger partial charge in [-0.05, 0) is 26.0 Å². The normalized spacial score (nSPS) is 12.3. The molecule has 0 rings (SSSR count). The lowest BCUT2D eigenvalue weighted by atomic mass is 10.1. The molecule has 3 N–H and O–H groups in total. The van der Waals surface area contributed by atoms with Crippen molar-refractivity contribution >= 4 is 0 Å². The molecule has 0 aromatic carbocycles. The third-order valence-electron chi connectivity index (χ3n) is 1.51. The van der Waals surface area contributed by atoms with E-state index in [1.165, 1.54) is 0 Å². The van der Waals surface area contributed by atoms with E-state index in [1.807, 2.05) is 19.1 Å². The van der Waals surface area contributed by atoms with E-state index in [4.69, 9.17) is 10.8 Å². The number of hydrogen-bond donors (Lipinski definition) is 2. The monoisotopic (exact) mass is 167 g/mol. The molecule has 0 radical (unpaired) electrons. The largest absolute Gasteiger partial charge is 0.405 e. The van der Waals surface area contributed by atoms with Crippen LogP contribution in [0.25, 0.3) is 0 Å². The van der Waals surface area contributed by atoms with Crippen LogP contribution in [0, 0.1) is 0 Å². The van der Waals surface area contributed by atoms with Crippen molar-refractivity contribution in [1.82, 2.24) is 0 Å². The predicted octanol–water partition coefficient (Wildman–Crippen LogP) is 1.73. The van der Waals surface area contributed by atoms with E-state index < -0.39 is 0 Å². The van der Waals surface area contributed by atoms with Crippen LogP contribution in [0.5, 0.6) is 0 Å². The van der Waals surface area contributed by atoms with Crippen LogP contribution in [0.15, 0.2) is 36.1 Å². The van der Waals surface area contributed by atoms with Crippen LogP contribution >= 0.6 is 0 Å². The second-order valence-electron chi connectivity index (χ2n) is 2.75. The minimum absolute atomic E-state index is 0.162. The molecule has 0 aliphatic carbocycles. The summed E-state index contributed by atoms with van der Waals surface area (Å²) in [5, 5.41) is 8.57. The maximum atomic E-state index is 8.57. The lowest BCUT2D eigenvalue weighted by molar-refractivity contribution is 0.300. The highest BCUT2D eigenvalue weighted by molar-refractivity contribution is 5.16. The summed E-state index contributed by atoms with van der Waals surface area (Å²) in [5.41, 5.74) is 7.36. The molecule has 0 aliphatic heterocycles. The molecular weight excluding hydrogens is 150 g/mol. The molecule has 0 bridgehead atoms. The van der Waals surface area contributed by atoms with E-state index in [2.05, 4.69) is 6.58 Å². The van der Waals surface area contributed by atoms with Gasteiger partial charge in [0.15, 0.2) is 0 Å². The minimum atomic E-state index is 0.162. The van der Waals surface area contributed by atoms with Gasteiger partial charge in [-0.25, -0.2) is 0 Å². The molecule has 0 aromatic heterocycles. The van der Waals surface area contributed by atoms with Crippen LogP contribution in [0.2, 0.25) is 0 Å². The Morgan fingerprint density at radius 1 is 1.58 bits per heavy atom. The number of allylic oxidation sites excluding steroid dienone is 3. The summed E-state index contributed by atoms with van der Waals surface area (Å²) in [7, 11) is 0. The maximum Gasteiger partial charge on any atom is 0.0471 e. The third kappa shape index (κ3) is 5.74. The molecule has 0 amide bonds. The van der Waals surface area contributed by atoms with Crippen molar-refractivity contribution in [2.24, 2.45) is 5.73 Å². The fourth-order valence-corrected chi connectivity index (χ4v) is 0.706. The van der Waals surface area contributed by atoms with Crippen LogP contribution in [-0.4, -0.2) is 11.7 Å². The van der Waals surface area contributed by atoms with Gasteiger partial charge < -0.3 is 10.8 Å². The van der Waals surface area contributed by atoms with Crippen molar-refractivity contribution in [3.63, 3.8) is 0 Å². The van der Waals surface area contributed by atoms with Crippen LogP contribution in [-0.2, 0) is 0 Å². The topological polar surface area (TPSA) is 46.2 Å².